The zero-order valence-electron chi connectivity index (χ0n) is 22.2. The minimum Gasteiger partial charge on any atom is -0.390 e. The fraction of sp³-hybridized carbons (Fsp3) is 0.630. The Bertz CT molecular complexity index is 1220. The Labute approximate surface area is 230 Å². The van der Waals surface area contributed by atoms with Crippen LogP contribution >= 0.6 is 11.8 Å². The summed E-state index contributed by atoms with van der Waals surface area (Å²) in [6, 6.07) is 3.91. The number of ether oxygens (including phenoxy) is 2. The number of aromatic nitrogens is 2. The summed E-state index contributed by atoms with van der Waals surface area (Å²) in [7, 11) is 0. The molecule has 1 aliphatic heterocycles. The molecule has 0 bridgehead atoms. The molecule has 3 aliphatic rings. The number of rotatable bonds is 11. The van der Waals surface area contributed by atoms with Crippen molar-refractivity contribution in [1.82, 2.24) is 9.97 Å². The number of hydrogen-bond acceptors (Lipinski definition) is 10. The number of fused-ring (bicyclic) bond motifs is 1. The average Bonchev–Trinajstić information content (AvgIpc) is 3.54. The van der Waals surface area contributed by atoms with Gasteiger partial charge in [-0.15, -0.1) is 0 Å². The fourth-order valence-corrected chi connectivity index (χ4v) is 6.38. The van der Waals surface area contributed by atoms with Crippen LogP contribution in [0.5, 0.6) is 0 Å². The maximum Gasteiger partial charge on any atom is 0.189 e. The number of aryl methyl sites for hydroxylation is 1. The zero-order chi connectivity index (χ0) is 27.9. The van der Waals surface area contributed by atoms with Gasteiger partial charge in [0.2, 0.25) is 0 Å². The molecule has 2 saturated carbocycles. The van der Waals surface area contributed by atoms with Crippen LogP contribution in [0.1, 0.15) is 63.6 Å². The topological polar surface area (TPSA) is 133 Å². The molecular formula is C27H35F2N5O4S. The van der Waals surface area contributed by atoms with E-state index in [0.29, 0.717) is 47.2 Å². The highest BCUT2D eigenvalue weighted by molar-refractivity contribution is 7.99. The molecule has 0 amide bonds. The maximum absolute atomic E-state index is 13.7. The third kappa shape index (κ3) is 5.95. The summed E-state index contributed by atoms with van der Waals surface area (Å²) in [6.07, 6.45) is 0.445. The van der Waals surface area contributed by atoms with Crippen molar-refractivity contribution in [3.05, 3.63) is 41.1 Å². The van der Waals surface area contributed by atoms with Crippen molar-refractivity contribution in [2.75, 3.05) is 11.1 Å². The molecule has 0 radical (unpaired) electrons. The number of nitrogens with zero attached hydrogens (tertiary/aromatic N) is 3. The Hall–Kier alpha value is -2.25. The second-order valence-electron chi connectivity index (χ2n) is 11.0. The Kier molecular flexibility index (Phi) is 8.21. The molecule has 2 aromatic rings. The minimum absolute atomic E-state index is 0.00459. The lowest BCUT2D eigenvalue weighted by Crippen LogP contribution is -2.35. The minimum atomic E-state index is -1.01. The van der Waals surface area contributed by atoms with Gasteiger partial charge in [-0.2, -0.15) is 5.11 Å². The molecule has 7 unspecified atom stereocenters. The van der Waals surface area contributed by atoms with Gasteiger partial charge in [-0.1, -0.05) is 24.8 Å². The predicted octanol–water partition coefficient (Wildman–Crippen LogP) is 5.08. The van der Waals surface area contributed by atoms with E-state index in [-0.39, 0.29) is 17.9 Å². The molecular weight excluding hydrogens is 528 g/mol. The van der Waals surface area contributed by atoms with E-state index in [9.17, 15) is 19.0 Å². The molecule has 3 fully saturated rings. The monoisotopic (exact) mass is 563 g/mol. The number of anilines is 1. The molecule has 9 nitrogen and oxygen atoms in total. The first kappa shape index (κ1) is 28.3. The highest BCUT2D eigenvalue weighted by atomic mass is 32.2. The predicted molar refractivity (Wildman–Crippen MR) is 141 cm³/mol. The van der Waals surface area contributed by atoms with E-state index in [4.69, 9.17) is 20.0 Å². The van der Waals surface area contributed by atoms with Crippen molar-refractivity contribution < 1.29 is 28.5 Å². The number of nitrogens with one attached hydrogen (secondary N) is 2. The van der Waals surface area contributed by atoms with Crippen molar-refractivity contribution in [2.45, 2.75) is 100 Å². The highest BCUT2D eigenvalue weighted by Gasteiger charge is 2.57. The van der Waals surface area contributed by atoms with E-state index in [1.54, 1.807) is 19.9 Å². The van der Waals surface area contributed by atoms with Crippen LogP contribution in [0.3, 0.4) is 0 Å². The van der Waals surface area contributed by atoms with Gasteiger partial charge in [0, 0.05) is 23.6 Å². The van der Waals surface area contributed by atoms with E-state index >= 15 is 0 Å². The molecule has 2 heterocycles. The Balaban J connectivity index is 1.30. The van der Waals surface area contributed by atoms with Crippen LogP contribution in [-0.2, 0) is 15.9 Å². The van der Waals surface area contributed by atoms with Gasteiger partial charge in [0.1, 0.15) is 17.9 Å². The maximum atomic E-state index is 13.7. The van der Waals surface area contributed by atoms with Crippen LogP contribution in [0.15, 0.2) is 28.5 Å². The Morgan fingerprint density at radius 2 is 1.92 bits per heavy atom. The normalized spacial score (nSPS) is 30.8. The standard InChI is InChI=1S/C27H35F2N5O4S/c1-4-10-39-26-32-18(7-5-6-14-21(35)22(36)24-23(14)37-27(2,3)38-24)20(34-30)25(33-26)31-19-12-15(19)13-8-9-16(28)17(29)11-13/h8-9,11,14-15,19,21-24,30,35-36H,4-7,10,12H2,1-3H3,(H,31,32,33). The van der Waals surface area contributed by atoms with Gasteiger partial charge in [0.15, 0.2) is 28.4 Å². The van der Waals surface area contributed by atoms with Crippen molar-refractivity contribution in [2.24, 2.45) is 11.0 Å². The summed E-state index contributed by atoms with van der Waals surface area (Å²) in [5.74, 6) is -1.56. The zero-order valence-corrected chi connectivity index (χ0v) is 23.0. The van der Waals surface area contributed by atoms with Gasteiger partial charge in [0.25, 0.3) is 0 Å². The highest BCUT2D eigenvalue weighted by Crippen LogP contribution is 2.46. The third-order valence-electron chi connectivity index (χ3n) is 7.63. The lowest BCUT2D eigenvalue weighted by molar-refractivity contribution is -0.181. The quantitative estimate of drug-likeness (QED) is 0.169. The molecule has 1 saturated heterocycles. The summed E-state index contributed by atoms with van der Waals surface area (Å²) >= 11 is 1.52. The average molecular weight is 564 g/mol. The Morgan fingerprint density at radius 1 is 1.15 bits per heavy atom. The molecule has 5 rings (SSSR count). The van der Waals surface area contributed by atoms with Crippen LogP contribution in [0, 0.1) is 23.1 Å². The molecule has 0 spiro atoms. The summed E-state index contributed by atoms with van der Waals surface area (Å²) in [5, 5.41) is 28.8. The second kappa shape index (κ2) is 11.3. The molecule has 7 atom stereocenters. The molecule has 4 N–H and O–H groups in total. The molecule has 1 aromatic heterocycles. The number of aliphatic hydroxyl groups is 2. The summed E-state index contributed by atoms with van der Waals surface area (Å²) < 4.78 is 38.9. The van der Waals surface area contributed by atoms with Gasteiger partial charge >= 0.3 is 0 Å². The smallest absolute Gasteiger partial charge is 0.189 e. The molecule has 39 heavy (non-hydrogen) atoms. The van der Waals surface area contributed by atoms with Gasteiger partial charge in [0.05, 0.1) is 17.9 Å². The van der Waals surface area contributed by atoms with Crippen LogP contribution in [0.4, 0.5) is 20.3 Å². The first-order valence-electron chi connectivity index (χ1n) is 13.5. The number of halogens is 2. The Morgan fingerprint density at radius 3 is 2.64 bits per heavy atom. The molecule has 2 aliphatic carbocycles. The molecule has 12 heteroatoms. The van der Waals surface area contributed by atoms with E-state index < -0.39 is 41.8 Å². The number of hydrogen-bond donors (Lipinski definition) is 4. The van der Waals surface area contributed by atoms with Gasteiger partial charge in [-0.3, -0.25) is 0 Å². The van der Waals surface area contributed by atoms with Crippen LogP contribution in [0.2, 0.25) is 0 Å². The van der Waals surface area contributed by atoms with Crippen molar-refractivity contribution in [3.63, 3.8) is 0 Å². The summed E-state index contributed by atoms with van der Waals surface area (Å²) in [5.41, 5.74) is 9.54. The van der Waals surface area contributed by atoms with Crippen molar-refractivity contribution in [1.29, 1.82) is 5.53 Å². The first-order chi connectivity index (χ1) is 18.6. The van der Waals surface area contributed by atoms with E-state index in [1.165, 1.54) is 17.8 Å². The largest absolute Gasteiger partial charge is 0.390 e. The van der Waals surface area contributed by atoms with Gasteiger partial charge in [-0.05, 0) is 63.6 Å². The second-order valence-corrected chi connectivity index (χ2v) is 12.0. The van der Waals surface area contributed by atoms with Crippen LogP contribution < -0.4 is 5.32 Å². The van der Waals surface area contributed by atoms with Gasteiger partial charge in [-0.25, -0.2) is 24.3 Å². The van der Waals surface area contributed by atoms with Crippen molar-refractivity contribution in [3.8, 4) is 0 Å². The number of thioether (sulfide) groups is 1. The molecule has 212 valence electrons. The number of benzene rings is 1. The SMILES string of the molecule is CCCSc1nc(CCCC2C(O)C(O)C3OC(C)(C)OC23)c(N=N)c(NC2CC2c2ccc(F)c(F)c2)n1. The summed E-state index contributed by atoms with van der Waals surface area (Å²) in [6.45, 7) is 5.67. The van der Waals surface area contributed by atoms with E-state index in [2.05, 4.69) is 22.3 Å². The summed E-state index contributed by atoms with van der Waals surface area (Å²) in [4.78, 5) is 9.33. The van der Waals surface area contributed by atoms with Crippen LogP contribution in [-0.4, -0.2) is 62.2 Å². The molecule has 1 aromatic carbocycles. The third-order valence-corrected chi connectivity index (χ3v) is 8.68. The lowest BCUT2D eigenvalue weighted by atomic mass is 9.95. The van der Waals surface area contributed by atoms with E-state index in [0.717, 1.165) is 24.7 Å². The van der Waals surface area contributed by atoms with E-state index in [1.807, 2.05) is 0 Å². The van der Waals surface area contributed by atoms with Gasteiger partial charge < -0.3 is 25.0 Å². The lowest BCUT2D eigenvalue weighted by Gasteiger charge is -2.25. The van der Waals surface area contributed by atoms with Crippen molar-refractivity contribution >= 4 is 23.3 Å². The first-order valence-corrected chi connectivity index (χ1v) is 14.4. The number of aliphatic hydroxyl groups excluding tert-OH is 2. The van der Waals surface area contributed by atoms with Crippen LogP contribution in [0.25, 0.3) is 0 Å². The fourth-order valence-electron chi connectivity index (χ4n) is 5.67.